The van der Waals surface area contributed by atoms with Crippen LogP contribution in [0.4, 0.5) is 5.69 Å². The molecule has 0 aliphatic carbocycles. The van der Waals surface area contributed by atoms with Gasteiger partial charge in [0.15, 0.2) is 0 Å². The van der Waals surface area contributed by atoms with Crippen molar-refractivity contribution in [1.29, 1.82) is 0 Å². The van der Waals surface area contributed by atoms with Gasteiger partial charge >= 0.3 is 0 Å². The van der Waals surface area contributed by atoms with E-state index in [-0.39, 0.29) is 10.8 Å². The van der Waals surface area contributed by atoms with Gasteiger partial charge in [-0.1, -0.05) is 6.92 Å². The van der Waals surface area contributed by atoms with Gasteiger partial charge in [-0.15, -0.1) is 11.3 Å². The Hall–Kier alpha value is -1.70. The number of hydrogen-bond donors (Lipinski definition) is 1. The number of nitrogens with one attached hydrogen (secondary N) is 1. The first-order chi connectivity index (χ1) is 11.9. The van der Waals surface area contributed by atoms with Gasteiger partial charge in [-0.2, -0.15) is 4.31 Å². The monoisotopic (exact) mass is 378 g/mol. The van der Waals surface area contributed by atoms with Crippen LogP contribution in [0, 0.1) is 12.8 Å². The molecular weight excluding hydrogens is 356 g/mol. The van der Waals surface area contributed by atoms with Crippen LogP contribution in [0.1, 0.15) is 35.0 Å². The van der Waals surface area contributed by atoms with Gasteiger partial charge in [-0.25, -0.2) is 8.42 Å². The topological polar surface area (TPSA) is 66.5 Å². The third-order valence-corrected chi connectivity index (χ3v) is 7.33. The van der Waals surface area contributed by atoms with Crippen molar-refractivity contribution in [3.63, 3.8) is 0 Å². The van der Waals surface area contributed by atoms with Crippen molar-refractivity contribution < 1.29 is 13.2 Å². The lowest BCUT2D eigenvalue weighted by molar-refractivity contribution is 0.103. The Morgan fingerprint density at radius 3 is 2.56 bits per heavy atom. The van der Waals surface area contributed by atoms with Crippen molar-refractivity contribution in [1.82, 2.24) is 4.31 Å². The molecule has 1 unspecified atom stereocenters. The number of aryl methyl sites for hydroxylation is 1. The lowest BCUT2D eigenvalue weighted by Crippen LogP contribution is -2.39. The summed E-state index contributed by atoms with van der Waals surface area (Å²) < 4.78 is 27.0. The molecule has 1 aromatic heterocycles. The number of benzene rings is 1. The third kappa shape index (κ3) is 3.94. The molecule has 1 aliphatic heterocycles. The zero-order chi connectivity index (χ0) is 18.0. The first-order valence-electron chi connectivity index (χ1n) is 8.33. The zero-order valence-electron chi connectivity index (χ0n) is 14.4. The molecule has 0 radical (unpaired) electrons. The molecule has 1 aliphatic rings. The number of rotatable bonds is 4. The van der Waals surface area contributed by atoms with Crippen LogP contribution >= 0.6 is 11.3 Å². The van der Waals surface area contributed by atoms with E-state index in [1.54, 1.807) is 28.6 Å². The summed E-state index contributed by atoms with van der Waals surface area (Å²) in [6.07, 6.45) is 1.97. The summed E-state index contributed by atoms with van der Waals surface area (Å²) in [5.41, 5.74) is 1.52. The summed E-state index contributed by atoms with van der Waals surface area (Å²) in [5, 5.41) is 4.69. The Morgan fingerprint density at radius 1 is 1.24 bits per heavy atom. The highest BCUT2D eigenvalue weighted by Crippen LogP contribution is 2.25. The largest absolute Gasteiger partial charge is 0.321 e. The van der Waals surface area contributed by atoms with Gasteiger partial charge in [0.1, 0.15) is 0 Å². The van der Waals surface area contributed by atoms with Gasteiger partial charge in [-0.3, -0.25) is 4.79 Å². The van der Waals surface area contributed by atoms with Gasteiger partial charge < -0.3 is 5.32 Å². The highest BCUT2D eigenvalue weighted by atomic mass is 32.2. The van der Waals surface area contributed by atoms with Gasteiger partial charge in [-0.05, 0) is 67.0 Å². The summed E-state index contributed by atoms with van der Waals surface area (Å²) in [7, 11) is -3.47. The number of amides is 1. The van der Waals surface area contributed by atoms with Crippen LogP contribution in [0.3, 0.4) is 0 Å². The van der Waals surface area contributed by atoms with Crippen molar-refractivity contribution in [3.05, 3.63) is 46.2 Å². The van der Waals surface area contributed by atoms with Gasteiger partial charge in [0.25, 0.3) is 5.91 Å². The number of carbonyl (C=O) groups excluding carboxylic acids is 1. The van der Waals surface area contributed by atoms with Gasteiger partial charge in [0, 0.05) is 18.8 Å². The van der Waals surface area contributed by atoms with E-state index in [0.717, 1.165) is 18.4 Å². The highest BCUT2D eigenvalue weighted by molar-refractivity contribution is 7.89. The molecule has 5 nitrogen and oxygen atoms in total. The van der Waals surface area contributed by atoms with E-state index in [2.05, 4.69) is 12.2 Å². The maximum atomic E-state index is 12.7. The predicted molar refractivity (Wildman–Crippen MR) is 101 cm³/mol. The fourth-order valence-corrected chi connectivity index (χ4v) is 5.44. The highest BCUT2D eigenvalue weighted by Gasteiger charge is 2.28. The minimum atomic E-state index is -3.47. The van der Waals surface area contributed by atoms with Crippen LogP contribution in [0.2, 0.25) is 0 Å². The molecule has 0 spiro atoms. The quantitative estimate of drug-likeness (QED) is 0.881. The Bertz CT molecular complexity index is 857. The summed E-state index contributed by atoms with van der Waals surface area (Å²) in [6.45, 7) is 5.11. The number of piperidine rings is 1. The molecule has 7 heteroatoms. The number of sulfonamides is 1. The van der Waals surface area contributed by atoms with E-state index in [9.17, 15) is 13.2 Å². The maximum Gasteiger partial charge on any atom is 0.265 e. The van der Waals surface area contributed by atoms with Crippen LogP contribution in [0.5, 0.6) is 0 Å². The van der Waals surface area contributed by atoms with Crippen molar-refractivity contribution in [2.75, 3.05) is 18.4 Å². The van der Waals surface area contributed by atoms with Crippen LogP contribution in [-0.4, -0.2) is 31.7 Å². The average Bonchev–Trinajstić information content (AvgIpc) is 3.01. The number of thiophene rings is 1. The lowest BCUT2D eigenvalue weighted by atomic mass is 10.0. The lowest BCUT2D eigenvalue weighted by Gasteiger charge is -2.30. The second-order valence-electron chi connectivity index (χ2n) is 6.52. The Balaban J connectivity index is 1.73. The zero-order valence-corrected chi connectivity index (χ0v) is 16.0. The molecule has 0 saturated carbocycles. The second kappa shape index (κ2) is 7.27. The van der Waals surface area contributed by atoms with Gasteiger partial charge in [0.05, 0.1) is 9.77 Å². The summed E-state index contributed by atoms with van der Waals surface area (Å²) in [4.78, 5) is 13.2. The van der Waals surface area contributed by atoms with E-state index in [1.807, 2.05) is 18.4 Å². The molecule has 134 valence electrons. The fourth-order valence-electron chi connectivity index (χ4n) is 3.02. The molecule has 1 atom stereocenters. The minimum Gasteiger partial charge on any atom is -0.321 e. The van der Waals surface area contributed by atoms with Crippen LogP contribution in [-0.2, 0) is 10.0 Å². The molecule has 1 amide bonds. The number of carbonyl (C=O) groups is 1. The minimum absolute atomic E-state index is 0.173. The van der Waals surface area contributed by atoms with Crippen molar-refractivity contribution >= 4 is 33.0 Å². The Kier molecular flexibility index (Phi) is 5.27. The van der Waals surface area contributed by atoms with E-state index >= 15 is 0 Å². The van der Waals surface area contributed by atoms with Crippen LogP contribution in [0.15, 0.2) is 40.6 Å². The molecular formula is C18H22N2O3S2. The van der Waals surface area contributed by atoms with E-state index in [0.29, 0.717) is 29.6 Å². The molecule has 1 N–H and O–H groups in total. The predicted octanol–water partition coefficient (Wildman–Crippen LogP) is 3.73. The summed E-state index contributed by atoms with van der Waals surface area (Å²) in [5.74, 6) is 0.212. The first-order valence-corrected chi connectivity index (χ1v) is 10.7. The molecule has 25 heavy (non-hydrogen) atoms. The third-order valence-electron chi connectivity index (χ3n) is 4.44. The molecule has 0 bridgehead atoms. The van der Waals surface area contributed by atoms with Crippen LogP contribution in [0.25, 0.3) is 0 Å². The molecule has 3 rings (SSSR count). The first kappa shape index (κ1) is 18.1. The molecule has 1 aromatic carbocycles. The average molecular weight is 379 g/mol. The molecule has 1 saturated heterocycles. The number of hydrogen-bond acceptors (Lipinski definition) is 4. The van der Waals surface area contributed by atoms with Crippen LogP contribution < -0.4 is 5.32 Å². The summed E-state index contributed by atoms with van der Waals surface area (Å²) in [6, 6.07) is 8.30. The second-order valence-corrected chi connectivity index (χ2v) is 9.38. The van der Waals surface area contributed by atoms with E-state index < -0.39 is 10.0 Å². The number of nitrogens with zero attached hydrogens (tertiary/aromatic N) is 1. The molecule has 2 aromatic rings. The standard InChI is InChI=1S/C18H22N2O3S2/c1-13-4-3-10-20(12-13)25(22,23)16-7-5-15(6-8-16)19-18(21)17-14(2)9-11-24-17/h5-9,11,13H,3-4,10,12H2,1-2H3,(H,19,21). The molecule has 1 fully saturated rings. The van der Waals surface area contributed by atoms with Gasteiger partial charge in [0.2, 0.25) is 10.0 Å². The molecule has 2 heterocycles. The van der Waals surface area contributed by atoms with Crippen molar-refractivity contribution in [2.24, 2.45) is 5.92 Å². The van der Waals surface area contributed by atoms with E-state index in [4.69, 9.17) is 0 Å². The SMILES string of the molecule is Cc1ccsc1C(=O)Nc1ccc(S(=O)(=O)N2CCCC(C)C2)cc1. The Labute approximate surface area is 152 Å². The van der Waals surface area contributed by atoms with E-state index in [1.165, 1.54) is 11.3 Å². The number of anilines is 1. The summed E-state index contributed by atoms with van der Waals surface area (Å²) >= 11 is 1.39. The Morgan fingerprint density at radius 2 is 1.96 bits per heavy atom. The van der Waals surface area contributed by atoms with Crippen molar-refractivity contribution in [3.8, 4) is 0 Å². The smallest absolute Gasteiger partial charge is 0.265 e. The van der Waals surface area contributed by atoms with Crippen molar-refractivity contribution in [2.45, 2.75) is 31.6 Å². The fraction of sp³-hybridized carbons (Fsp3) is 0.389. The normalized spacial score (nSPS) is 18.9. The maximum absolute atomic E-state index is 12.7.